The molecule has 3 rings (SSSR count). The highest BCUT2D eigenvalue weighted by atomic mass is 32.1. The maximum atomic E-state index is 6.18. The molecule has 0 saturated carbocycles. The summed E-state index contributed by atoms with van der Waals surface area (Å²) < 4.78 is 1.76. The zero-order chi connectivity index (χ0) is 14.7. The van der Waals surface area contributed by atoms with Gasteiger partial charge < -0.3 is 5.73 Å². The summed E-state index contributed by atoms with van der Waals surface area (Å²) in [5.41, 5.74) is 9.38. The summed E-state index contributed by atoms with van der Waals surface area (Å²) in [6.07, 6.45) is 6.67. The quantitative estimate of drug-likeness (QED) is 0.786. The van der Waals surface area contributed by atoms with Crippen molar-refractivity contribution in [2.24, 2.45) is 7.05 Å². The van der Waals surface area contributed by atoms with Gasteiger partial charge in [0.25, 0.3) is 0 Å². The van der Waals surface area contributed by atoms with Crippen molar-refractivity contribution in [3.8, 4) is 11.1 Å². The average molecular weight is 298 g/mol. The maximum absolute atomic E-state index is 6.18. The molecular formula is C16H18N4S. The Morgan fingerprint density at radius 1 is 1.19 bits per heavy atom. The first-order chi connectivity index (χ1) is 10.3. The number of nitrogen functional groups attached to an aromatic ring is 1. The summed E-state index contributed by atoms with van der Waals surface area (Å²) in [5.74, 6) is 0.715. The first-order valence-electron chi connectivity index (χ1n) is 7.00. The summed E-state index contributed by atoms with van der Waals surface area (Å²) in [6, 6.07) is 8.24. The van der Waals surface area contributed by atoms with Gasteiger partial charge >= 0.3 is 0 Å². The van der Waals surface area contributed by atoms with Crippen LogP contribution in [0.2, 0.25) is 0 Å². The van der Waals surface area contributed by atoms with Gasteiger partial charge in [-0.3, -0.25) is 9.67 Å². The predicted octanol–water partition coefficient (Wildman–Crippen LogP) is 3.30. The summed E-state index contributed by atoms with van der Waals surface area (Å²) >= 11 is 1.81. The monoisotopic (exact) mass is 298 g/mol. The normalized spacial score (nSPS) is 10.9. The highest BCUT2D eigenvalue weighted by molar-refractivity contribution is 7.09. The van der Waals surface area contributed by atoms with Crippen LogP contribution in [0.1, 0.15) is 17.0 Å². The fourth-order valence-corrected chi connectivity index (χ4v) is 3.24. The molecule has 2 N–H and O–H groups in total. The van der Waals surface area contributed by atoms with E-state index in [1.807, 2.05) is 30.5 Å². The zero-order valence-electron chi connectivity index (χ0n) is 12.0. The van der Waals surface area contributed by atoms with E-state index >= 15 is 0 Å². The SMILES string of the molecule is Cn1nc(CCCc2cccs2)c(-c2ccncc2)c1N. The Morgan fingerprint density at radius 2 is 2.00 bits per heavy atom. The first-order valence-corrected chi connectivity index (χ1v) is 7.88. The van der Waals surface area contributed by atoms with Crippen LogP contribution < -0.4 is 5.73 Å². The van der Waals surface area contributed by atoms with Gasteiger partial charge in [0.05, 0.1) is 5.69 Å². The Balaban J connectivity index is 1.80. The lowest BCUT2D eigenvalue weighted by molar-refractivity contribution is 0.727. The van der Waals surface area contributed by atoms with E-state index in [4.69, 9.17) is 5.73 Å². The average Bonchev–Trinajstić information content (AvgIpc) is 3.10. The van der Waals surface area contributed by atoms with E-state index < -0.39 is 0 Å². The van der Waals surface area contributed by atoms with Gasteiger partial charge in [-0.15, -0.1) is 11.3 Å². The molecule has 0 aromatic carbocycles. The van der Waals surface area contributed by atoms with Crippen molar-refractivity contribution < 1.29 is 0 Å². The van der Waals surface area contributed by atoms with E-state index in [1.54, 1.807) is 17.1 Å². The second-order valence-corrected chi connectivity index (χ2v) is 6.03. The second-order valence-electron chi connectivity index (χ2n) is 5.00. The standard InChI is InChI=1S/C16H18N4S/c1-20-16(17)15(12-7-9-18-10-8-12)14(19-20)6-2-4-13-5-3-11-21-13/h3,5,7-11H,2,4,6,17H2,1H3. The number of hydrogen-bond donors (Lipinski definition) is 1. The molecular weight excluding hydrogens is 280 g/mol. The lowest BCUT2D eigenvalue weighted by Crippen LogP contribution is -1.98. The Morgan fingerprint density at radius 3 is 2.71 bits per heavy atom. The molecule has 0 bridgehead atoms. The molecule has 4 nitrogen and oxygen atoms in total. The smallest absolute Gasteiger partial charge is 0.129 e. The number of nitrogens with two attached hydrogens (primary N) is 1. The molecule has 0 spiro atoms. The zero-order valence-corrected chi connectivity index (χ0v) is 12.8. The predicted molar refractivity (Wildman–Crippen MR) is 87.2 cm³/mol. The molecule has 0 aliphatic rings. The van der Waals surface area contributed by atoms with Crippen LogP contribution in [-0.2, 0) is 19.9 Å². The highest BCUT2D eigenvalue weighted by Gasteiger charge is 2.15. The number of anilines is 1. The molecule has 0 aliphatic carbocycles. The minimum absolute atomic E-state index is 0.715. The number of rotatable bonds is 5. The molecule has 0 aliphatic heterocycles. The van der Waals surface area contributed by atoms with Crippen LogP contribution in [0.4, 0.5) is 5.82 Å². The Bertz CT molecular complexity index is 701. The van der Waals surface area contributed by atoms with Gasteiger partial charge in [0, 0.05) is 29.9 Å². The summed E-state index contributed by atoms with van der Waals surface area (Å²) in [5, 5.41) is 6.70. The first kappa shape index (κ1) is 13.8. The van der Waals surface area contributed by atoms with Crippen molar-refractivity contribution in [3.05, 3.63) is 52.6 Å². The largest absolute Gasteiger partial charge is 0.383 e. The third-order valence-corrected chi connectivity index (χ3v) is 4.49. The van der Waals surface area contributed by atoms with Crippen LogP contribution in [0.5, 0.6) is 0 Å². The van der Waals surface area contributed by atoms with Gasteiger partial charge in [0.2, 0.25) is 0 Å². The van der Waals surface area contributed by atoms with Crippen LogP contribution >= 0.6 is 11.3 Å². The van der Waals surface area contributed by atoms with Gasteiger partial charge in [-0.05, 0) is 48.4 Å². The van der Waals surface area contributed by atoms with Crippen molar-refractivity contribution in [1.82, 2.24) is 14.8 Å². The topological polar surface area (TPSA) is 56.7 Å². The number of thiophene rings is 1. The van der Waals surface area contributed by atoms with E-state index in [1.165, 1.54) is 4.88 Å². The summed E-state index contributed by atoms with van der Waals surface area (Å²) in [7, 11) is 1.89. The number of pyridine rings is 1. The lowest BCUT2D eigenvalue weighted by Gasteiger charge is -2.03. The number of hydrogen-bond acceptors (Lipinski definition) is 4. The molecule has 3 aromatic heterocycles. The van der Waals surface area contributed by atoms with Gasteiger partial charge in [0.1, 0.15) is 5.82 Å². The van der Waals surface area contributed by atoms with Crippen molar-refractivity contribution in [3.63, 3.8) is 0 Å². The van der Waals surface area contributed by atoms with Gasteiger partial charge in [-0.2, -0.15) is 5.10 Å². The van der Waals surface area contributed by atoms with Crippen LogP contribution in [0.3, 0.4) is 0 Å². The van der Waals surface area contributed by atoms with E-state index in [-0.39, 0.29) is 0 Å². The minimum Gasteiger partial charge on any atom is -0.383 e. The molecule has 0 atom stereocenters. The van der Waals surface area contributed by atoms with Crippen molar-refractivity contribution in [2.45, 2.75) is 19.3 Å². The van der Waals surface area contributed by atoms with E-state index in [9.17, 15) is 0 Å². The third kappa shape index (κ3) is 2.97. The van der Waals surface area contributed by atoms with Crippen molar-refractivity contribution >= 4 is 17.2 Å². The van der Waals surface area contributed by atoms with Crippen LogP contribution in [-0.4, -0.2) is 14.8 Å². The Kier molecular flexibility index (Phi) is 4.01. The fourth-order valence-electron chi connectivity index (χ4n) is 2.49. The lowest BCUT2D eigenvalue weighted by atomic mass is 10.0. The fraction of sp³-hybridized carbons (Fsp3) is 0.250. The molecule has 21 heavy (non-hydrogen) atoms. The molecule has 0 fully saturated rings. The molecule has 108 valence electrons. The van der Waals surface area contributed by atoms with Gasteiger partial charge in [-0.1, -0.05) is 6.07 Å². The highest BCUT2D eigenvalue weighted by Crippen LogP contribution is 2.29. The molecule has 0 amide bonds. The number of nitrogens with zero attached hydrogens (tertiary/aromatic N) is 3. The molecule has 5 heteroatoms. The number of aryl methyl sites for hydroxylation is 3. The van der Waals surface area contributed by atoms with Crippen molar-refractivity contribution in [1.29, 1.82) is 0 Å². The summed E-state index contributed by atoms with van der Waals surface area (Å²) in [6.45, 7) is 0. The van der Waals surface area contributed by atoms with Crippen LogP contribution in [0.25, 0.3) is 11.1 Å². The van der Waals surface area contributed by atoms with E-state index in [2.05, 4.69) is 27.6 Å². The Labute approximate surface area is 128 Å². The number of aromatic nitrogens is 3. The Hall–Kier alpha value is -2.14. The van der Waals surface area contributed by atoms with Crippen LogP contribution in [0, 0.1) is 0 Å². The van der Waals surface area contributed by atoms with Gasteiger partial charge in [-0.25, -0.2) is 0 Å². The van der Waals surface area contributed by atoms with E-state index in [0.29, 0.717) is 5.82 Å². The second kappa shape index (κ2) is 6.10. The van der Waals surface area contributed by atoms with Gasteiger partial charge in [0.15, 0.2) is 0 Å². The minimum atomic E-state index is 0.715. The molecule has 0 radical (unpaired) electrons. The molecule has 3 heterocycles. The molecule has 0 saturated heterocycles. The molecule has 3 aromatic rings. The third-order valence-electron chi connectivity index (χ3n) is 3.55. The van der Waals surface area contributed by atoms with Crippen molar-refractivity contribution in [2.75, 3.05) is 5.73 Å². The maximum Gasteiger partial charge on any atom is 0.129 e. The van der Waals surface area contributed by atoms with Crippen LogP contribution in [0.15, 0.2) is 42.0 Å². The summed E-state index contributed by atoms with van der Waals surface area (Å²) in [4.78, 5) is 5.49. The molecule has 0 unspecified atom stereocenters. The van der Waals surface area contributed by atoms with E-state index in [0.717, 1.165) is 36.1 Å².